The van der Waals surface area contributed by atoms with E-state index in [9.17, 15) is 14.7 Å². The molecule has 0 spiro atoms. The van der Waals surface area contributed by atoms with Crippen molar-refractivity contribution in [3.8, 4) is 5.75 Å². The first-order valence-electron chi connectivity index (χ1n) is 6.90. The van der Waals surface area contributed by atoms with Crippen LogP contribution in [0.1, 0.15) is 31.8 Å². The van der Waals surface area contributed by atoms with Gasteiger partial charge in [0.25, 0.3) is 11.8 Å². The van der Waals surface area contributed by atoms with Gasteiger partial charge in [0.05, 0.1) is 0 Å². The van der Waals surface area contributed by atoms with Gasteiger partial charge >= 0.3 is 0 Å². The third kappa shape index (κ3) is 3.63. The minimum atomic E-state index is -0.228. The second-order valence-corrected chi connectivity index (χ2v) is 4.96. The van der Waals surface area contributed by atoms with Crippen molar-refractivity contribution >= 4 is 11.8 Å². The Hall–Kier alpha value is -2.82. The lowest BCUT2D eigenvalue weighted by molar-refractivity contribution is 0.0948. The van der Waals surface area contributed by atoms with Crippen LogP contribution in [0.15, 0.2) is 42.5 Å². The predicted molar refractivity (Wildman–Crippen MR) is 83.8 cm³/mol. The van der Waals surface area contributed by atoms with Gasteiger partial charge in [0, 0.05) is 24.7 Å². The fraction of sp³-hybridized carbons (Fsp3) is 0.176. The first kappa shape index (κ1) is 15.6. The highest BCUT2D eigenvalue weighted by Gasteiger charge is 2.08. The molecular weight excluding hydrogens is 280 g/mol. The number of carbonyl (C=O) groups excluding carboxylic acids is 2. The van der Waals surface area contributed by atoms with Gasteiger partial charge in [-0.15, -0.1) is 0 Å². The van der Waals surface area contributed by atoms with Gasteiger partial charge in [0.15, 0.2) is 0 Å². The molecular formula is C17H18N2O3. The summed E-state index contributed by atoms with van der Waals surface area (Å²) in [7, 11) is 1.57. The smallest absolute Gasteiger partial charge is 0.251 e. The molecule has 0 atom stereocenters. The molecule has 5 heteroatoms. The van der Waals surface area contributed by atoms with E-state index in [0.29, 0.717) is 23.2 Å². The number of phenolic OH excluding ortho intramolecular Hbond substituents is 1. The molecule has 5 nitrogen and oxygen atoms in total. The lowest BCUT2D eigenvalue weighted by atomic mass is 10.1. The zero-order valence-corrected chi connectivity index (χ0v) is 12.5. The first-order valence-corrected chi connectivity index (χ1v) is 6.90. The van der Waals surface area contributed by atoms with Crippen LogP contribution in [-0.2, 0) is 6.54 Å². The Morgan fingerprint density at radius 2 is 1.77 bits per heavy atom. The molecule has 0 aliphatic carbocycles. The third-order valence-corrected chi connectivity index (χ3v) is 3.33. The Morgan fingerprint density at radius 1 is 1.05 bits per heavy atom. The summed E-state index contributed by atoms with van der Waals surface area (Å²) < 4.78 is 0. The van der Waals surface area contributed by atoms with Gasteiger partial charge in [-0.25, -0.2) is 0 Å². The number of nitrogens with one attached hydrogen (secondary N) is 2. The van der Waals surface area contributed by atoms with E-state index in [4.69, 9.17) is 0 Å². The fourth-order valence-corrected chi connectivity index (χ4v) is 2.05. The number of rotatable bonds is 4. The topological polar surface area (TPSA) is 78.4 Å². The van der Waals surface area contributed by atoms with E-state index in [-0.39, 0.29) is 17.6 Å². The molecule has 0 radical (unpaired) electrons. The van der Waals surface area contributed by atoms with Crippen LogP contribution in [0.3, 0.4) is 0 Å². The molecule has 2 aromatic rings. The van der Waals surface area contributed by atoms with Gasteiger partial charge in [-0.3, -0.25) is 9.59 Å². The Bertz CT molecular complexity index is 711. The summed E-state index contributed by atoms with van der Waals surface area (Å²) in [5.41, 5.74) is 2.52. The minimum Gasteiger partial charge on any atom is -0.508 e. The number of aryl methyl sites for hydroxylation is 1. The summed E-state index contributed by atoms with van der Waals surface area (Å²) in [6, 6.07) is 11.8. The van der Waals surface area contributed by atoms with Crippen LogP contribution in [0.25, 0.3) is 0 Å². The molecule has 0 bridgehead atoms. The van der Waals surface area contributed by atoms with Crippen molar-refractivity contribution in [3.63, 3.8) is 0 Å². The molecule has 0 aliphatic heterocycles. The normalized spacial score (nSPS) is 10.1. The van der Waals surface area contributed by atoms with Crippen LogP contribution >= 0.6 is 0 Å². The largest absolute Gasteiger partial charge is 0.508 e. The van der Waals surface area contributed by atoms with Gasteiger partial charge in [-0.05, 0) is 48.4 Å². The Morgan fingerprint density at radius 3 is 2.45 bits per heavy atom. The van der Waals surface area contributed by atoms with E-state index in [2.05, 4.69) is 10.6 Å². The van der Waals surface area contributed by atoms with Crippen LogP contribution in [0.4, 0.5) is 0 Å². The number of hydrogen-bond donors (Lipinski definition) is 3. The van der Waals surface area contributed by atoms with E-state index in [1.165, 1.54) is 6.07 Å². The number of phenols is 1. The van der Waals surface area contributed by atoms with E-state index in [1.807, 2.05) is 6.07 Å². The van der Waals surface area contributed by atoms with Crippen molar-refractivity contribution in [1.29, 1.82) is 0 Å². The summed E-state index contributed by atoms with van der Waals surface area (Å²) in [4.78, 5) is 23.7. The van der Waals surface area contributed by atoms with E-state index >= 15 is 0 Å². The predicted octanol–water partition coefficient (Wildman–Crippen LogP) is 1.99. The summed E-state index contributed by atoms with van der Waals surface area (Å²) >= 11 is 0. The summed E-state index contributed by atoms with van der Waals surface area (Å²) in [5, 5.41) is 14.8. The highest BCUT2D eigenvalue weighted by atomic mass is 16.3. The number of hydrogen-bond acceptors (Lipinski definition) is 3. The molecule has 0 saturated carbocycles. The number of carbonyl (C=O) groups is 2. The van der Waals surface area contributed by atoms with Gasteiger partial charge in [0.1, 0.15) is 5.75 Å². The van der Waals surface area contributed by atoms with Crippen LogP contribution in [0.2, 0.25) is 0 Å². The van der Waals surface area contributed by atoms with Gasteiger partial charge < -0.3 is 15.7 Å². The average molecular weight is 298 g/mol. The van der Waals surface area contributed by atoms with Crippen molar-refractivity contribution in [2.24, 2.45) is 0 Å². The maximum Gasteiger partial charge on any atom is 0.251 e. The van der Waals surface area contributed by atoms with Gasteiger partial charge in [-0.2, -0.15) is 0 Å². The molecule has 0 heterocycles. The van der Waals surface area contributed by atoms with Crippen LogP contribution in [0, 0.1) is 6.92 Å². The third-order valence-electron chi connectivity index (χ3n) is 3.33. The van der Waals surface area contributed by atoms with E-state index in [1.54, 1.807) is 44.3 Å². The zero-order valence-electron chi connectivity index (χ0n) is 12.5. The van der Waals surface area contributed by atoms with Crippen LogP contribution in [0.5, 0.6) is 5.75 Å². The average Bonchev–Trinajstić information content (AvgIpc) is 2.54. The highest BCUT2D eigenvalue weighted by Crippen LogP contribution is 2.17. The van der Waals surface area contributed by atoms with E-state index in [0.717, 1.165) is 5.56 Å². The summed E-state index contributed by atoms with van der Waals surface area (Å²) in [6.45, 7) is 2.06. The zero-order chi connectivity index (χ0) is 16.1. The molecule has 2 amide bonds. The molecule has 0 aromatic heterocycles. The van der Waals surface area contributed by atoms with E-state index < -0.39 is 0 Å². The number of benzene rings is 2. The molecule has 2 aromatic carbocycles. The van der Waals surface area contributed by atoms with Crippen molar-refractivity contribution in [2.75, 3.05) is 7.05 Å². The molecule has 114 valence electrons. The monoisotopic (exact) mass is 298 g/mol. The van der Waals surface area contributed by atoms with Crippen molar-refractivity contribution in [2.45, 2.75) is 13.5 Å². The van der Waals surface area contributed by atoms with Crippen LogP contribution < -0.4 is 10.6 Å². The first-order chi connectivity index (χ1) is 10.5. The number of amides is 2. The summed E-state index contributed by atoms with van der Waals surface area (Å²) in [6.07, 6.45) is 0. The quantitative estimate of drug-likeness (QED) is 0.807. The van der Waals surface area contributed by atoms with Crippen LogP contribution in [-0.4, -0.2) is 24.0 Å². The molecule has 0 aliphatic rings. The maximum atomic E-state index is 12.1. The lowest BCUT2D eigenvalue weighted by Gasteiger charge is -2.08. The lowest BCUT2D eigenvalue weighted by Crippen LogP contribution is -2.23. The van der Waals surface area contributed by atoms with Gasteiger partial charge in [0.2, 0.25) is 0 Å². The Kier molecular flexibility index (Phi) is 4.78. The molecule has 0 unspecified atom stereocenters. The Labute approximate surface area is 129 Å². The molecule has 2 rings (SSSR count). The summed E-state index contributed by atoms with van der Waals surface area (Å²) in [5.74, 6) is -0.231. The van der Waals surface area contributed by atoms with Gasteiger partial charge in [-0.1, -0.05) is 12.1 Å². The molecule has 22 heavy (non-hydrogen) atoms. The van der Waals surface area contributed by atoms with Crippen molar-refractivity contribution in [1.82, 2.24) is 10.6 Å². The SMILES string of the molecule is CNC(=O)c1cccc(CNC(=O)c2ccc(O)c(C)c2)c1. The maximum absolute atomic E-state index is 12.1. The minimum absolute atomic E-state index is 0.162. The highest BCUT2D eigenvalue weighted by molar-refractivity contribution is 5.95. The number of aromatic hydroxyl groups is 1. The Balaban J connectivity index is 2.04. The molecule has 0 saturated heterocycles. The fourth-order valence-electron chi connectivity index (χ4n) is 2.05. The second kappa shape index (κ2) is 6.76. The van der Waals surface area contributed by atoms with Crippen molar-refractivity contribution in [3.05, 3.63) is 64.7 Å². The molecule has 3 N–H and O–H groups in total. The molecule has 0 fully saturated rings. The standard InChI is InChI=1S/C17H18N2O3/c1-11-8-14(6-7-15(11)20)17(22)19-10-12-4-3-5-13(9-12)16(21)18-2/h3-9,20H,10H2,1-2H3,(H,18,21)(H,19,22). The van der Waals surface area contributed by atoms with Crippen molar-refractivity contribution < 1.29 is 14.7 Å². The second-order valence-electron chi connectivity index (χ2n) is 4.96.